The molecule has 1 unspecified atom stereocenters. The second kappa shape index (κ2) is 8.07. The zero-order valence-corrected chi connectivity index (χ0v) is 14.9. The predicted molar refractivity (Wildman–Crippen MR) is 96.2 cm³/mol. The average molecular weight is 375 g/mol. The summed E-state index contributed by atoms with van der Waals surface area (Å²) in [6.45, 7) is 7.21. The Balaban J connectivity index is 2.56. The molecule has 0 bridgehead atoms. The summed E-state index contributed by atoms with van der Waals surface area (Å²) < 4.78 is 0. The van der Waals surface area contributed by atoms with Gasteiger partial charge in [-0.3, -0.25) is 4.79 Å². The Hall–Kier alpha value is -2.19. The standard InChI is InChI=1S/C16H11ClN4OS2/c1-20-11-13(23-2)10(8-18)16(21-14(11)17)24-12(15(19)22)9-6-4-3-5-7-9/h3-7,12H,2H3,(H2,19,22). The van der Waals surface area contributed by atoms with Gasteiger partial charge in [-0.15, -0.1) is 11.8 Å². The minimum Gasteiger partial charge on any atom is -0.368 e. The lowest BCUT2D eigenvalue weighted by Gasteiger charge is -2.15. The molecule has 1 aromatic carbocycles. The number of carbonyl (C=O) groups is 1. The van der Waals surface area contributed by atoms with Crippen molar-refractivity contribution in [2.75, 3.05) is 6.26 Å². The van der Waals surface area contributed by atoms with Crippen LogP contribution in [0.25, 0.3) is 4.85 Å². The first kappa shape index (κ1) is 18.2. The van der Waals surface area contributed by atoms with Crippen molar-refractivity contribution in [1.29, 1.82) is 5.26 Å². The molecule has 0 fully saturated rings. The number of hydrogen-bond donors (Lipinski definition) is 1. The van der Waals surface area contributed by atoms with Crippen molar-refractivity contribution in [3.63, 3.8) is 0 Å². The van der Waals surface area contributed by atoms with Crippen LogP contribution in [0.5, 0.6) is 0 Å². The van der Waals surface area contributed by atoms with Crippen LogP contribution in [0.1, 0.15) is 16.4 Å². The van der Waals surface area contributed by atoms with Crippen LogP contribution in [0.4, 0.5) is 5.69 Å². The highest BCUT2D eigenvalue weighted by molar-refractivity contribution is 8.00. The second-order valence-corrected chi connectivity index (χ2v) is 6.77. The van der Waals surface area contributed by atoms with E-state index < -0.39 is 11.2 Å². The van der Waals surface area contributed by atoms with Gasteiger partial charge >= 0.3 is 0 Å². The van der Waals surface area contributed by atoms with Crippen molar-refractivity contribution in [3.05, 3.63) is 58.0 Å². The number of carbonyl (C=O) groups excluding carboxylic acids is 1. The highest BCUT2D eigenvalue weighted by atomic mass is 35.5. The van der Waals surface area contributed by atoms with Crippen molar-refractivity contribution in [2.45, 2.75) is 15.2 Å². The quantitative estimate of drug-likeness (QED) is 0.481. The number of nitrogens with zero attached hydrogens (tertiary/aromatic N) is 3. The van der Waals surface area contributed by atoms with E-state index in [1.807, 2.05) is 6.07 Å². The van der Waals surface area contributed by atoms with E-state index in [1.54, 1.807) is 30.5 Å². The van der Waals surface area contributed by atoms with Gasteiger partial charge < -0.3 is 5.73 Å². The number of nitrogens with two attached hydrogens (primary N) is 1. The molecule has 0 radical (unpaired) electrons. The fourth-order valence-electron chi connectivity index (χ4n) is 2.02. The van der Waals surface area contributed by atoms with Gasteiger partial charge in [0, 0.05) is 4.90 Å². The van der Waals surface area contributed by atoms with Crippen LogP contribution >= 0.6 is 35.1 Å². The number of aromatic nitrogens is 1. The van der Waals surface area contributed by atoms with Gasteiger partial charge in [0.15, 0.2) is 0 Å². The summed E-state index contributed by atoms with van der Waals surface area (Å²) in [7, 11) is 0. The first-order valence-corrected chi connectivity index (χ1v) is 9.07. The lowest BCUT2D eigenvalue weighted by Crippen LogP contribution is -2.19. The Morgan fingerprint density at radius 2 is 2.12 bits per heavy atom. The van der Waals surface area contributed by atoms with Gasteiger partial charge in [-0.2, -0.15) is 5.26 Å². The van der Waals surface area contributed by atoms with E-state index in [4.69, 9.17) is 23.9 Å². The molecular weight excluding hydrogens is 364 g/mol. The fourth-order valence-corrected chi connectivity index (χ4v) is 4.13. The maximum absolute atomic E-state index is 11.9. The lowest BCUT2D eigenvalue weighted by atomic mass is 10.1. The maximum atomic E-state index is 11.9. The summed E-state index contributed by atoms with van der Waals surface area (Å²) in [4.78, 5) is 19.8. The number of hydrogen-bond acceptors (Lipinski definition) is 5. The van der Waals surface area contributed by atoms with Gasteiger partial charge in [0.05, 0.1) is 12.1 Å². The van der Waals surface area contributed by atoms with Crippen LogP contribution in [0, 0.1) is 17.9 Å². The second-order valence-electron chi connectivity index (χ2n) is 4.50. The molecule has 2 rings (SSSR count). The molecule has 1 aromatic heterocycles. The number of nitriles is 1. The molecule has 0 aliphatic carbocycles. The number of rotatable bonds is 5. The van der Waals surface area contributed by atoms with E-state index in [9.17, 15) is 10.1 Å². The predicted octanol–water partition coefficient (Wildman–Crippen LogP) is 4.20. The molecule has 120 valence electrons. The molecule has 2 aromatic rings. The molecule has 0 aliphatic heterocycles. The third-order valence-corrected chi connectivity index (χ3v) is 5.40. The summed E-state index contributed by atoms with van der Waals surface area (Å²) in [5.74, 6) is -0.548. The SMILES string of the molecule is [C-]#[N+]c1c(Cl)nc(SC(C(N)=O)c2ccccc2)c(C#N)c1SC. The normalized spacial score (nSPS) is 11.3. The summed E-state index contributed by atoms with van der Waals surface area (Å²) in [5.41, 5.74) is 6.59. The van der Waals surface area contributed by atoms with Gasteiger partial charge in [0.1, 0.15) is 21.5 Å². The monoisotopic (exact) mass is 374 g/mol. The minimum absolute atomic E-state index is 0.00660. The smallest absolute Gasteiger partial charge is 0.238 e. The van der Waals surface area contributed by atoms with Crippen molar-refractivity contribution >= 4 is 46.7 Å². The highest BCUT2D eigenvalue weighted by Gasteiger charge is 2.25. The maximum Gasteiger partial charge on any atom is 0.238 e. The number of primary amides is 1. The van der Waals surface area contributed by atoms with Crippen molar-refractivity contribution < 1.29 is 4.79 Å². The molecule has 24 heavy (non-hydrogen) atoms. The molecule has 8 heteroatoms. The Morgan fingerprint density at radius 3 is 2.62 bits per heavy atom. The van der Waals surface area contributed by atoms with Crippen molar-refractivity contribution in [1.82, 2.24) is 4.98 Å². The van der Waals surface area contributed by atoms with Crippen LogP contribution in [0.3, 0.4) is 0 Å². The molecule has 5 nitrogen and oxygen atoms in total. The minimum atomic E-state index is -0.713. The number of halogens is 1. The number of pyridine rings is 1. The van der Waals surface area contributed by atoms with Crippen LogP contribution in [0.2, 0.25) is 5.15 Å². The molecular formula is C16H11ClN4OS2. The summed E-state index contributed by atoms with van der Waals surface area (Å²) >= 11 is 8.37. The van der Waals surface area contributed by atoms with Gasteiger partial charge in [-0.1, -0.05) is 53.7 Å². The molecule has 0 spiro atoms. The molecule has 0 saturated carbocycles. The third-order valence-electron chi connectivity index (χ3n) is 3.07. The largest absolute Gasteiger partial charge is 0.368 e. The Kier molecular flexibility index (Phi) is 6.10. The fraction of sp³-hybridized carbons (Fsp3) is 0.125. The van der Waals surface area contributed by atoms with Gasteiger partial charge in [-0.05, 0) is 11.8 Å². The molecule has 1 heterocycles. The van der Waals surface area contributed by atoms with Crippen molar-refractivity contribution in [3.8, 4) is 6.07 Å². The van der Waals surface area contributed by atoms with E-state index >= 15 is 0 Å². The Labute approximate surface area is 153 Å². The first-order valence-electron chi connectivity index (χ1n) is 6.59. The van der Waals surface area contributed by atoms with Crippen LogP contribution in [0.15, 0.2) is 40.3 Å². The summed E-state index contributed by atoms with van der Waals surface area (Å²) in [6, 6.07) is 11.0. The molecule has 0 aliphatic rings. The molecule has 0 saturated heterocycles. The number of amides is 1. The Morgan fingerprint density at radius 1 is 1.46 bits per heavy atom. The topological polar surface area (TPSA) is 84.1 Å². The average Bonchev–Trinajstić information content (AvgIpc) is 2.59. The van der Waals surface area contributed by atoms with E-state index in [2.05, 4.69) is 15.9 Å². The molecule has 1 atom stereocenters. The van der Waals surface area contributed by atoms with Gasteiger partial charge in [-0.25, -0.2) is 9.83 Å². The van der Waals surface area contributed by atoms with Gasteiger partial charge in [0.25, 0.3) is 0 Å². The van der Waals surface area contributed by atoms with Crippen LogP contribution in [-0.2, 0) is 4.79 Å². The van der Waals surface area contributed by atoms with E-state index in [0.29, 0.717) is 10.5 Å². The van der Waals surface area contributed by atoms with Crippen LogP contribution < -0.4 is 5.73 Å². The Bertz CT molecular complexity index is 859. The van der Waals surface area contributed by atoms with Crippen LogP contribution in [-0.4, -0.2) is 17.1 Å². The summed E-state index contributed by atoms with van der Waals surface area (Å²) in [6.07, 6.45) is 1.75. The number of thioether (sulfide) groups is 2. The third kappa shape index (κ3) is 3.65. The van der Waals surface area contributed by atoms with Crippen molar-refractivity contribution in [2.24, 2.45) is 5.73 Å². The lowest BCUT2D eigenvalue weighted by molar-refractivity contribution is -0.117. The number of benzene rings is 1. The van der Waals surface area contributed by atoms with E-state index in [0.717, 1.165) is 11.8 Å². The zero-order chi connectivity index (χ0) is 17.7. The highest BCUT2D eigenvalue weighted by Crippen LogP contribution is 2.43. The summed E-state index contributed by atoms with van der Waals surface area (Å²) in [5, 5.41) is 9.06. The molecule has 1 amide bonds. The van der Waals surface area contributed by atoms with E-state index in [-0.39, 0.29) is 21.4 Å². The molecule has 2 N–H and O–H groups in total. The van der Waals surface area contributed by atoms with E-state index in [1.165, 1.54) is 11.8 Å². The first-order chi connectivity index (χ1) is 11.5. The zero-order valence-electron chi connectivity index (χ0n) is 12.5. The van der Waals surface area contributed by atoms with Gasteiger partial charge in [0.2, 0.25) is 11.6 Å².